The van der Waals surface area contributed by atoms with E-state index in [1.165, 1.54) is 7.11 Å². The monoisotopic (exact) mass is 226 g/mol. The van der Waals surface area contributed by atoms with Gasteiger partial charge in [0.25, 0.3) is 0 Å². The van der Waals surface area contributed by atoms with Gasteiger partial charge in [0.1, 0.15) is 0 Å². The number of carbonyl (C=O) groups is 1. The Morgan fingerprint density at radius 1 is 1.47 bits per heavy atom. The molecule has 84 valence electrons. The summed E-state index contributed by atoms with van der Waals surface area (Å²) in [6.07, 6.45) is 5.93. The van der Waals surface area contributed by atoms with Crippen LogP contribution in [0.2, 0.25) is 0 Å². The highest BCUT2D eigenvalue weighted by atomic mass is 16.5. The van der Waals surface area contributed by atoms with E-state index in [0.717, 1.165) is 22.4 Å². The minimum absolute atomic E-state index is 0.340. The van der Waals surface area contributed by atoms with Crippen molar-refractivity contribution in [1.29, 1.82) is 0 Å². The average Bonchev–Trinajstić information content (AvgIpc) is 2.82. The Kier molecular flexibility index (Phi) is 2.14. The predicted octanol–water partition coefficient (Wildman–Crippen LogP) is 1.53. The fourth-order valence-corrected chi connectivity index (χ4v) is 2.17. The van der Waals surface area contributed by atoms with Gasteiger partial charge in [-0.3, -0.25) is 9.98 Å². The van der Waals surface area contributed by atoms with Gasteiger partial charge in [0.2, 0.25) is 0 Å². The third kappa shape index (κ3) is 1.41. The molecule has 0 N–H and O–H groups in total. The van der Waals surface area contributed by atoms with Gasteiger partial charge >= 0.3 is 5.97 Å². The van der Waals surface area contributed by atoms with E-state index in [1.54, 1.807) is 18.6 Å². The zero-order valence-corrected chi connectivity index (χ0v) is 9.30. The van der Waals surface area contributed by atoms with E-state index in [4.69, 9.17) is 4.74 Å². The molecule has 0 amide bonds. The number of allylic oxidation sites excluding steroid dienone is 2. The fourth-order valence-electron chi connectivity index (χ4n) is 2.17. The summed E-state index contributed by atoms with van der Waals surface area (Å²) >= 11 is 0. The number of rotatable bonds is 1. The van der Waals surface area contributed by atoms with Crippen LogP contribution in [-0.4, -0.2) is 24.3 Å². The van der Waals surface area contributed by atoms with Crippen LogP contribution < -0.4 is 0 Å². The first-order valence-corrected chi connectivity index (χ1v) is 5.30. The molecule has 4 nitrogen and oxygen atoms in total. The zero-order chi connectivity index (χ0) is 11.8. The van der Waals surface area contributed by atoms with E-state index in [1.807, 2.05) is 12.1 Å². The van der Waals surface area contributed by atoms with E-state index in [-0.39, 0.29) is 5.97 Å². The van der Waals surface area contributed by atoms with E-state index in [0.29, 0.717) is 12.0 Å². The van der Waals surface area contributed by atoms with Gasteiger partial charge < -0.3 is 4.74 Å². The summed E-state index contributed by atoms with van der Waals surface area (Å²) in [6, 6.07) is 3.72. The van der Waals surface area contributed by atoms with Crippen LogP contribution in [0, 0.1) is 0 Å². The number of esters is 1. The third-order valence-electron chi connectivity index (χ3n) is 2.96. The molecule has 1 aromatic heterocycles. The Bertz CT molecular complexity index is 597. The number of aliphatic imine (C=N–C) groups is 1. The maximum absolute atomic E-state index is 11.9. The summed E-state index contributed by atoms with van der Waals surface area (Å²) in [5.74, 6) is -0.340. The molecule has 0 bridgehead atoms. The quantitative estimate of drug-likeness (QED) is 0.682. The van der Waals surface area contributed by atoms with Crippen molar-refractivity contribution in [1.82, 2.24) is 4.98 Å². The Labute approximate surface area is 98.4 Å². The van der Waals surface area contributed by atoms with E-state index >= 15 is 0 Å². The molecule has 2 aliphatic rings. The summed E-state index contributed by atoms with van der Waals surface area (Å²) in [4.78, 5) is 20.3. The average molecular weight is 226 g/mol. The number of carbonyl (C=O) groups excluding carboxylic acids is 1. The highest BCUT2D eigenvalue weighted by Crippen LogP contribution is 2.35. The molecule has 0 fully saturated rings. The molecule has 0 spiro atoms. The van der Waals surface area contributed by atoms with Crippen LogP contribution in [0.4, 0.5) is 0 Å². The molecule has 3 rings (SSSR count). The minimum atomic E-state index is -0.340. The highest BCUT2D eigenvalue weighted by molar-refractivity contribution is 6.24. The number of hydrogen-bond acceptors (Lipinski definition) is 4. The molecule has 0 aromatic carbocycles. The Balaban J connectivity index is 2.27. The number of fused-ring (bicyclic) bond motifs is 2. The number of ether oxygens (including phenoxy) is 1. The molecule has 0 atom stereocenters. The molecule has 1 aliphatic carbocycles. The molecule has 17 heavy (non-hydrogen) atoms. The highest BCUT2D eigenvalue weighted by Gasteiger charge is 2.29. The Hall–Kier alpha value is -2.23. The van der Waals surface area contributed by atoms with E-state index < -0.39 is 0 Å². The number of nitrogens with zero attached hydrogens (tertiary/aromatic N) is 2. The number of hydrogen-bond donors (Lipinski definition) is 0. The lowest BCUT2D eigenvalue weighted by Gasteiger charge is -2.19. The lowest BCUT2D eigenvalue weighted by Crippen LogP contribution is -2.15. The van der Waals surface area contributed by atoms with Gasteiger partial charge in [0, 0.05) is 36.2 Å². The molecule has 1 aromatic rings. The fraction of sp³-hybridized carbons (Fsp3) is 0.154. The normalized spacial score (nSPS) is 16.4. The molecule has 0 radical (unpaired) electrons. The topological polar surface area (TPSA) is 51.5 Å². The van der Waals surface area contributed by atoms with Crippen molar-refractivity contribution in [3.05, 3.63) is 46.9 Å². The Morgan fingerprint density at radius 2 is 2.35 bits per heavy atom. The molecule has 0 unspecified atom stereocenters. The summed E-state index contributed by atoms with van der Waals surface area (Å²) in [5.41, 5.74) is 4.19. The van der Waals surface area contributed by atoms with Gasteiger partial charge in [-0.1, -0.05) is 6.07 Å². The standard InChI is InChI=1S/C13H10N2O2/c1-17-13(16)12-9-3-2-4-15-11(9)5-8-6-14-7-10(8)12/h2-4,6-7H,5H2,1H3. The van der Waals surface area contributed by atoms with Crippen LogP contribution in [0.15, 0.2) is 40.7 Å². The van der Waals surface area contributed by atoms with Gasteiger partial charge in [0.15, 0.2) is 0 Å². The summed E-state index contributed by atoms with van der Waals surface area (Å²) in [5, 5.41) is 0. The second kappa shape index (κ2) is 3.66. The molecule has 0 saturated carbocycles. The maximum Gasteiger partial charge on any atom is 0.339 e. The summed E-state index contributed by atoms with van der Waals surface area (Å²) in [7, 11) is 1.38. The van der Waals surface area contributed by atoms with Crippen LogP contribution in [0.5, 0.6) is 0 Å². The number of pyridine rings is 1. The minimum Gasteiger partial charge on any atom is -0.465 e. The molecule has 0 saturated heterocycles. The molecular weight excluding hydrogens is 216 g/mol. The van der Waals surface area contributed by atoms with Crippen molar-refractivity contribution in [3.63, 3.8) is 0 Å². The summed E-state index contributed by atoms with van der Waals surface area (Å²) in [6.45, 7) is 0. The van der Waals surface area contributed by atoms with Gasteiger partial charge in [-0.25, -0.2) is 4.79 Å². The van der Waals surface area contributed by atoms with Crippen molar-refractivity contribution >= 4 is 17.8 Å². The van der Waals surface area contributed by atoms with Crippen molar-refractivity contribution in [2.24, 2.45) is 4.99 Å². The van der Waals surface area contributed by atoms with Crippen LogP contribution in [0.25, 0.3) is 5.57 Å². The summed E-state index contributed by atoms with van der Waals surface area (Å²) < 4.78 is 4.84. The first kappa shape index (κ1) is 9.96. The molecule has 2 heterocycles. The lowest BCUT2D eigenvalue weighted by atomic mass is 9.86. The van der Waals surface area contributed by atoms with Gasteiger partial charge in [0.05, 0.1) is 18.4 Å². The number of methoxy groups -OCH3 is 1. The van der Waals surface area contributed by atoms with Gasteiger partial charge in [-0.2, -0.15) is 0 Å². The van der Waals surface area contributed by atoms with Crippen molar-refractivity contribution < 1.29 is 9.53 Å². The largest absolute Gasteiger partial charge is 0.465 e. The smallest absolute Gasteiger partial charge is 0.339 e. The van der Waals surface area contributed by atoms with Crippen LogP contribution >= 0.6 is 0 Å². The second-order valence-electron chi connectivity index (χ2n) is 3.89. The van der Waals surface area contributed by atoms with Crippen LogP contribution in [0.3, 0.4) is 0 Å². The zero-order valence-electron chi connectivity index (χ0n) is 9.30. The SMILES string of the molecule is COC(=O)C1=C2C=NC=C2Cc2ncccc21. The predicted molar refractivity (Wildman–Crippen MR) is 63.5 cm³/mol. The van der Waals surface area contributed by atoms with E-state index in [2.05, 4.69) is 9.98 Å². The van der Waals surface area contributed by atoms with E-state index in [9.17, 15) is 4.79 Å². The van der Waals surface area contributed by atoms with Crippen molar-refractivity contribution in [3.8, 4) is 0 Å². The van der Waals surface area contributed by atoms with Crippen LogP contribution in [0.1, 0.15) is 11.3 Å². The second-order valence-corrected chi connectivity index (χ2v) is 3.89. The van der Waals surface area contributed by atoms with Crippen molar-refractivity contribution in [2.75, 3.05) is 7.11 Å². The molecule has 4 heteroatoms. The first-order chi connectivity index (χ1) is 8.31. The van der Waals surface area contributed by atoms with Gasteiger partial charge in [-0.05, 0) is 11.6 Å². The van der Waals surface area contributed by atoms with Gasteiger partial charge in [-0.15, -0.1) is 0 Å². The molecule has 1 aliphatic heterocycles. The maximum atomic E-state index is 11.9. The third-order valence-corrected chi connectivity index (χ3v) is 2.96. The first-order valence-electron chi connectivity index (χ1n) is 5.30. The number of aromatic nitrogens is 1. The Morgan fingerprint density at radius 3 is 3.18 bits per heavy atom. The lowest BCUT2D eigenvalue weighted by molar-refractivity contribution is -0.133. The van der Waals surface area contributed by atoms with Crippen LogP contribution in [-0.2, 0) is 16.0 Å². The molecular formula is C13H10N2O2. The van der Waals surface area contributed by atoms with Crippen molar-refractivity contribution in [2.45, 2.75) is 6.42 Å².